The fourth-order valence-corrected chi connectivity index (χ4v) is 4.24. The maximum absolute atomic E-state index is 12.9. The molecule has 3 aliphatic rings. The highest BCUT2D eigenvalue weighted by Gasteiger charge is 2.37. The third-order valence-corrected chi connectivity index (χ3v) is 5.77. The fourth-order valence-electron chi connectivity index (χ4n) is 4.24. The fraction of sp³-hybridized carbons (Fsp3) is 0.619. The minimum atomic E-state index is 0.130. The predicted octanol–water partition coefficient (Wildman–Crippen LogP) is 1.64. The number of aryl methyl sites for hydroxylation is 1. The van der Waals surface area contributed by atoms with Gasteiger partial charge in [0.15, 0.2) is 0 Å². The number of methoxy groups -OCH3 is 1. The van der Waals surface area contributed by atoms with Gasteiger partial charge in [0.05, 0.1) is 13.7 Å². The molecular weight excluding hydrogens is 342 g/mol. The van der Waals surface area contributed by atoms with Gasteiger partial charge in [-0.1, -0.05) is 18.2 Å². The van der Waals surface area contributed by atoms with E-state index in [4.69, 9.17) is 4.74 Å². The highest BCUT2D eigenvalue weighted by atomic mass is 16.5. The average Bonchev–Trinajstić information content (AvgIpc) is 2.96. The zero-order chi connectivity index (χ0) is 19.4. The molecule has 6 nitrogen and oxygen atoms in total. The van der Waals surface area contributed by atoms with Gasteiger partial charge in [0, 0.05) is 46.2 Å². The molecule has 3 saturated heterocycles. The molecule has 1 aromatic carbocycles. The maximum atomic E-state index is 12.9. The van der Waals surface area contributed by atoms with Crippen LogP contribution in [0.2, 0.25) is 0 Å². The van der Waals surface area contributed by atoms with Crippen LogP contribution < -0.4 is 4.74 Å². The first-order chi connectivity index (χ1) is 13.0. The van der Waals surface area contributed by atoms with Gasteiger partial charge in [0.1, 0.15) is 5.75 Å². The molecule has 0 unspecified atom stereocenters. The van der Waals surface area contributed by atoms with E-state index < -0.39 is 0 Å². The summed E-state index contributed by atoms with van der Waals surface area (Å²) in [6, 6.07) is 8.11. The van der Waals surface area contributed by atoms with Crippen molar-refractivity contribution in [2.24, 2.45) is 5.92 Å². The second-order valence-corrected chi connectivity index (χ2v) is 7.94. The van der Waals surface area contributed by atoms with Gasteiger partial charge in [0.25, 0.3) is 0 Å². The Kier molecular flexibility index (Phi) is 6.37. The van der Waals surface area contributed by atoms with Gasteiger partial charge < -0.3 is 14.5 Å². The van der Waals surface area contributed by atoms with Crippen LogP contribution in [0.3, 0.4) is 0 Å². The molecule has 1 aromatic rings. The monoisotopic (exact) mass is 373 g/mol. The van der Waals surface area contributed by atoms with Crippen molar-refractivity contribution in [2.75, 3.05) is 47.4 Å². The van der Waals surface area contributed by atoms with E-state index in [0.717, 1.165) is 43.8 Å². The first kappa shape index (κ1) is 19.7. The first-order valence-corrected chi connectivity index (χ1v) is 9.81. The van der Waals surface area contributed by atoms with E-state index in [1.165, 1.54) is 0 Å². The highest BCUT2D eigenvalue weighted by molar-refractivity contribution is 5.78. The SMILES string of the molecule is COc1ccccc1CCC(=O)N1C[C@H]2CC[C@@H]1CN(CC(=O)N(C)C)C2. The maximum Gasteiger partial charge on any atom is 0.236 e. The molecule has 2 atom stereocenters. The van der Waals surface area contributed by atoms with Crippen molar-refractivity contribution in [3.05, 3.63) is 29.8 Å². The number of carbonyl (C=O) groups is 2. The highest BCUT2D eigenvalue weighted by Crippen LogP contribution is 2.29. The van der Waals surface area contributed by atoms with Crippen LogP contribution in [0.4, 0.5) is 0 Å². The smallest absolute Gasteiger partial charge is 0.236 e. The summed E-state index contributed by atoms with van der Waals surface area (Å²) in [6.45, 7) is 2.98. The molecule has 2 amide bonds. The second-order valence-electron chi connectivity index (χ2n) is 7.94. The molecular formula is C21H31N3O3. The topological polar surface area (TPSA) is 53.1 Å². The summed E-state index contributed by atoms with van der Waals surface area (Å²) in [6.07, 6.45) is 3.38. The predicted molar refractivity (Wildman–Crippen MR) is 105 cm³/mol. The molecule has 27 heavy (non-hydrogen) atoms. The van der Waals surface area contributed by atoms with Gasteiger partial charge in [-0.15, -0.1) is 0 Å². The van der Waals surface area contributed by atoms with Crippen molar-refractivity contribution in [1.82, 2.24) is 14.7 Å². The molecule has 0 aromatic heterocycles. The molecule has 0 spiro atoms. The summed E-state index contributed by atoms with van der Waals surface area (Å²) in [4.78, 5) is 31.0. The third-order valence-electron chi connectivity index (χ3n) is 5.77. The number of para-hydroxylation sites is 1. The normalized spacial score (nSPS) is 22.4. The minimum Gasteiger partial charge on any atom is -0.496 e. The lowest BCUT2D eigenvalue weighted by molar-refractivity contribution is -0.135. The van der Waals surface area contributed by atoms with Crippen LogP contribution in [0.15, 0.2) is 24.3 Å². The Bertz CT molecular complexity index is 676. The Morgan fingerprint density at radius 1 is 1.15 bits per heavy atom. The minimum absolute atomic E-state index is 0.130. The molecule has 3 aliphatic heterocycles. The van der Waals surface area contributed by atoms with E-state index in [1.807, 2.05) is 24.3 Å². The number of hydrogen-bond acceptors (Lipinski definition) is 4. The summed E-state index contributed by atoms with van der Waals surface area (Å²) in [5.74, 6) is 1.66. The lowest BCUT2D eigenvalue weighted by Gasteiger charge is -2.36. The van der Waals surface area contributed by atoms with Gasteiger partial charge in [-0.25, -0.2) is 0 Å². The van der Waals surface area contributed by atoms with Gasteiger partial charge in [0.2, 0.25) is 11.8 Å². The summed E-state index contributed by atoms with van der Waals surface area (Å²) < 4.78 is 5.40. The van der Waals surface area contributed by atoms with Crippen LogP contribution >= 0.6 is 0 Å². The van der Waals surface area contributed by atoms with Crippen molar-refractivity contribution >= 4 is 11.8 Å². The van der Waals surface area contributed by atoms with Crippen LogP contribution in [0.5, 0.6) is 5.75 Å². The standard InChI is InChI=1S/C21H31N3O3/c1-22(2)21(26)15-23-12-16-8-10-18(14-23)24(13-16)20(25)11-9-17-6-4-5-7-19(17)27-3/h4-7,16,18H,8-15H2,1-3H3/t16-,18+/m0/s1. The quantitative estimate of drug-likeness (QED) is 0.761. The number of amides is 2. The summed E-state index contributed by atoms with van der Waals surface area (Å²) >= 11 is 0. The molecule has 0 saturated carbocycles. The average molecular weight is 373 g/mol. The van der Waals surface area contributed by atoms with Gasteiger partial charge in [-0.05, 0) is 36.8 Å². The number of benzene rings is 1. The number of fused-ring (bicyclic) bond motifs is 4. The molecule has 148 valence electrons. The number of likely N-dealkylation sites (N-methyl/N-ethyl adjacent to an activating group) is 1. The van der Waals surface area contributed by atoms with Crippen molar-refractivity contribution in [3.63, 3.8) is 0 Å². The molecule has 0 radical (unpaired) electrons. The molecule has 4 rings (SSSR count). The first-order valence-electron chi connectivity index (χ1n) is 9.81. The van der Waals surface area contributed by atoms with Crippen LogP contribution in [0.1, 0.15) is 24.8 Å². The van der Waals surface area contributed by atoms with Gasteiger partial charge in [-0.2, -0.15) is 0 Å². The number of ether oxygens (including phenoxy) is 1. The summed E-state index contributed by atoms with van der Waals surface area (Å²) in [5, 5.41) is 0. The van der Waals surface area contributed by atoms with Crippen molar-refractivity contribution in [3.8, 4) is 5.75 Å². The molecule has 3 fully saturated rings. The molecule has 6 heteroatoms. The zero-order valence-electron chi connectivity index (χ0n) is 16.7. The number of hydrogen-bond donors (Lipinski definition) is 0. The van der Waals surface area contributed by atoms with Crippen molar-refractivity contribution in [2.45, 2.75) is 31.7 Å². The number of nitrogens with zero attached hydrogens (tertiary/aromatic N) is 3. The molecule has 3 heterocycles. The Morgan fingerprint density at radius 2 is 1.93 bits per heavy atom. The lowest BCUT2D eigenvalue weighted by atomic mass is 9.94. The van der Waals surface area contributed by atoms with Crippen molar-refractivity contribution in [1.29, 1.82) is 0 Å². The summed E-state index contributed by atoms with van der Waals surface area (Å²) in [5.41, 5.74) is 1.08. The van der Waals surface area contributed by atoms with Crippen LogP contribution in [-0.4, -0.2) is 79.9 Å². The molecule has 0 aliphatic carbocycles. The van der Waals surface area contributed by atoms with E-state index in [1.54, 1.807) is 26.1 Å². The molecule has 0 N–H and O–H groups in total. The largest absolute Gasteiger partial charge is 0.496 e. The summed E-state index contributed by atoms with van der Waals surface area (Å²) in [7, 11) is 5.25. The van der Waals surface area contributed by atoms with Crippen molar-refractivity contribution < 1.29 is 14.3 Å². The van der Waals surface area contributed by atoms with E-state index in [2.05, 4.69) is 9.80 Å². The number of piperidine rings is 1. The van der Waals surface area contributed by atoms with Gasteiger partial charge >= 0.3 is 0 Å². The van der Waals surface area contributed by atoms with E-state index in [0.29, 0.717) is 25.3 Å². The van der Waals surface area contributed by atoms with Crippen LogP contribution in [0, 0.1) is 5.92 Å². The lowest BCUT2D eigenvalue weighted by Crippen LogP contribution is -2.47. The Morgan fingerprint density at radius 3 is 2.67 bits per heavy atom. The van der Waals surface area contributed by atoms with E-state index in [-0.39, 0.29) is 17.9 Å². The van der Waals surface area contributed by atoms with Crippen LogP contribution in [0.25, 0.3) is 0 Å². The van der Waals surface area contributed by atoms with Gasteiger partial charge in [-0.3, -0.25) is 14.5 Å². The van der Waals surface area contributed by atoms with E-state index in [9.17, 15) is 9.59 Å². The zero-order valence-corrected chi connectivity index (χ0v) is 16.7. The number of rotatable bonds is 6. The second kappa shape index (κ2) is 8.74. The third kappa shape index (κ3) is 4.80. The Balaban J connectivity index is 1.60. The van der Waals surface area contributed by atoms with Crippen LogP contribution in [-0.2, 0) is 16.0 Å². The Hall–Kier alpha value is -2.08. The molecule has 2 bridgehead atoms. The van der Waals surface area contributed by atoms with E-state index >= 15 is 0 Å². The number of carbonyl (C=O) groups excluding carboxylic acids is 2. The Labute approximate surface area is 162 Å².